The maximum atomic E-state index is 11.8. The van der Waals surface area contributed by atoms with Crippen LogP contribution in [0.25, 0.3) is 0 Å². The molecule has 0 unspecified atom stereocenters. The molecule has 0 aliphatic heterocycles. The number of nitrogens with two attached hydrogens (primary N) is 1. The Bertz CT molecular complexity index is 823. The van der Waals surface area contributed by atoms with E-state index in [1.165, 1.54) is 0 Å². The van der Waals surface area contributed by atoms with Crippen LogP contribution in [-0.4, -0.2) is 21.7 Å². The Balaban J connectivity index is 1.90. The summed E-state index contributed by atoms with van der Waals surface area (Å²) < 4.78 is 1.72. The van der Waals surface area contributed by atoms with E-state index in [2.05, 4.69) is 9.98 Å². The van der Waals surface area contributed by atoms with Crippen molar-refractivity contribution < 1.29 is 4.79 Å². The van der Waals surface area contributed by atoms with Gasteiger partial charge in [0, 0.05) is 12.8 Å². The first kappa shape index (κ1) is 14.7. The summed E-state index contributed by atoms with van der Waals surface area (Å²) in [4.78, 5) is 20.3. The number of nitrogens with zero attached hydrogens (tertiary/aromatic N) is 3. The fourth-order valence-corrected chi connectivity index (χ4v) is 2.29. The minimum absolute atomic E-state index is 0.307. The van der Waals surface area contributed by atoms with Gasteiger partial charge in [-0.3, -0.25) is 4.79 Å². The van der Waals surface area contributed by atoms with Crippen LogP contribution in [0.1, 0.15) is 21.6 Å². The highest BCUT2D eigenvalue weighted by Gasteiger charge is 2.15. The number of benzene rings is 2. The molecule has 3 rings (SSSR count). The molecule has 0 fully saturated rings. The number of hydrogen-bond donors (Lipinski definition) is 1. The summed E-state index contributed by atoms with van der Waals surface area (Å²) in [6.07, 6.45) is 3.26. The largest absolute Gasteiger partial charge is 0.364 e. The van der Waals surface area contributed by atoms with Crippen LogP contribution in [0, 0.1) is 0 Å². The molecule has 23 heavy (non-hydrogen) atoms. The first-order valence-electron chi connectivity index (χ1n) is 7.22. The fourth-order valence-electron chi connectivity index (χ4n) is 2.29. The van der Waals surface area contributed by atoms with Gasteiger partial charge in [0.25, 0.3) is 5.91 Å². The van der Waals surface area contributed by atoms with Gasteiger partial charge in [-0.05, 0) is 11.1 Å². The van der Waals surface area contributed by atoms with Gasteiger partial charge in [-0.1, -0.05) is 60.7 Å². The Morgan fingerprint density at radius 2 is 1.74 bits per heavy atom. The number of imidazole rings is 1. The monoisotopic (exact) mass is 304 g/mol. The lowest BCUT2D eigenvalue weighted by Gasteiger charge is -2.06. The number of rotatable bonds is 5. The highest BCUT2D eigenvalue weighted by molar-refractivity contribution is 5.96. The summed E-state index contributed by atoms with van der Waals surface area (Å²) in [6.45, 7) is 0.521. The zero-order valence-electron chi connectivity index (χ0n) is 12.5. The predicted molar refractivity (Wildman–Crippen MR) is 90.0 cm³/mol. The van der Waals surface area contributed by atoms with Gasteiger partial charge < -0.3 is 10.3 Å². The van der Waals surface area contributed by atoms with Crippen molar-refractivity contribution in [2.75, 3.05) is 0 Å². The zero-order valence-corrected chi connectivity index (χ0v) is 12.5. The van der Waals surface area contributed by atoms with E-state index in [-0.39, 0.29) is 0 Å². The number of primary amides is 1. The van der Waals surface area contributed by atoms with Crippen molar-refractivity contribution in [1.82, 2.24) is 9.55 Å². The Hall–Kier alpha value is -3.21. The molecule has 0 saturated heterocycles. The van der Waals surface area contributed by atoms with Crippen molar-refractivity contribution >= 4 is 17.9 Å². The first-order chi connectivity index (χ1) is 11.2. The van der Waals surface area contributed by atoms with Gasteiger partial charge >= 0.3 is 0 Å². The van der Waals surface area contributed by atoms with Gasteiger partial charge in [0.1, 0.15) is 0 Å². The first-order valence-corrected chi connectivity index (χ1v) is 7.22. The molecule has 2 aromatic carbocycles. The van der Waals surface area contributed by atoms with Crippen molar-refractivity contribution in [3.8, 4) is 0 Å². The van der Waals surface area contributed by atoms with Crippen LogP contribution in [0.2, 0.25) is 0 Å². The Morgan fingerprint density at radius 1 is 1.09 bits per heavy atom. The molecule has 0 aliphatic rings. The molecule has 0 bridgehead atoms. The molecule has 3 aromatic rings. The topological polar surface area (TPSA) is 73.3 Å². The number of hydrogen-bond acceptors (Lipinski definition) is 3. The Morgan fingerprint density at radius 3 is 2.39 bits per heavy atom. The van der Waals surface area contributed by atoms with E-state index in [1.54, 1.807) is 17.1 Å². The van der Waals surface area contributed by atoms with E-state index < -0.39 is 5.91 Å². The molecule has 0 aliphatic carbocycles. The van der Waals surface area contributed by atoms with Gasteiger partial charge in [-0.15, -0.1) is 0 Å². The van der Waals surface area contributed by atoms with Gasteiger partial charge in [0.2, 0.25) is 0 Å². The molecule has 0 atom stereocenters. The summed E-state index contributed by atoms with van der Waals surface area (Å²) in [6, 6.07) is 19.4. The van der Waals surface area contributed by atoms with Crippen molar-refractivity contribution in [2.45, 2.75) is 6.54 Å². The molecule has 5 heteroatoms. The van der Waals surface area contributed by atoms with Crippen molar-refractivity contribution in [3.63, 3.8) is 0 Å². The van der Waals surface area contributed by atoms with Gasteiger partial charge in [-0.2, -0.15) is 0 Å². The maximum Gasteiger partial charge on any atom is 0.269 e. The highest BCUT2D eigenvalue weighted by atomic mass is 16.1. The molecule has 0 saturated carbocycles. The van der Waals surface area contributed by atoms with Crippen molar-refractivity contribution in [2.24, 2.45) is 10.7 Å². The number of carbonyl (C=O) groups is 1. The van der Waals surface area contributed by atoms with Crippen molar-refractivity contribution in [1.29, 1.82) is 0 Å². The van der Waals surface area contributed by atoms with E-state index >= 15 is 0 Å². The molecule has 1 aromatic heterocycles. The molecule has 0 spiro atoms. The minimum atomic E-state index is -0.543. The smallest absolute Gasteiger partial charge is 0.269 e. The second kappa shape index (κ2) is 6.70. The van der Waals surface area contributed by atoms with E-state index in [0.717, 1.165) is 11.1 Å². The number of aromatic nitrogens is 2. The van der Waals surface area contributed by atoms with Crippen LogP contribution in [-0.2, 0) is 6.54 Å². The third-order valence-corrected chi connectivity index (χ3v) is 3.38. The predicted octanol–water partition coefficient (Wildman–Crippen LogP) is 2.78. The number of aliphatic imine (C=N–C) groups is 1. The third-order valence-electron chi connectivity index (χ3n) is 3.38. The lowest BCUT2D eigenvalue weighted by atomic mass is 10.2. The summed E-state index contributed by atoms with van der Waals surface area (Å²) in [5.74, 6) is -0.212. The van der Waals surface area contributed by atoms with E-state index in [9.17, 15) is 4.79 Å². The van der Waals surface area contributed by atoms with Crippen LogP contribution in [0.15, 0.2) is 72.0 Å². The van der Waals surface area contributed by atoms with Crippen LogP contribution >= 0.6 is 0 Å². The van der Waals surface area contributed by atoms with Gasteiger partial charge in [0.05, 0.1) is 6.33 Å². The molecule has 1 amide bonds. The van der Waals surface area contributed by atoms with Crippen LogP contribution in [0.5, 0.6) is 0 Å². The number of amides is 1. The summed E-state index contributed by atoms with van der Waals surface area (Å²) >= 11 is 0. The summed E-state index contributed by atoms with van der Waals surface area (Å²) in [7, 11) is 0. The molecule has 1 heterocycles. The second-order valence-electron chi connectivity index (χ2n) is 5.06. The van der Waals surface area contributed by atoms with E-state index in [4.69, 9.17) is 5.73 Å². The maximum absolute atomic E-state index is 11.8. The fraction of sp³-hybridized carbons (Fsp3) is 0.0556. The van der Waals surface area contributed by atoms with Crippen molar-refractivity contribution in [3.05, 3.63) is 83.8 Å². The molecular weight excluding hydrogens is 288 g/mol. The van der Waals surface area contributed by atoms with E-state index in [1.807, 2.05) is 60.7 Å². The normalized spacial score (nSPS) is 11.0. The quantitative estimate of drug-likeness (QED) is 0.736. The standard InChI is InChI=1S/C18H16N4O/c19-17(23)16-18(20-11-14-7-3-1-4-8-14)21-13-22(16)12-15-9-5-2-6-10-15/h1-11,13H,12H2,(H2,19,23). The highest BCUT2D eigenvalue weighted by Crippen LogP contribution is 2.18. The van der Waals surface area contributed by atoms with E-state index in [0.29, 0.717) is 18.1 Å². The molecule has 114 valence electrons. The van der Waals surface area contributed by atoms with Crippen LogP contribution in [0.3, 0.4) is 0 Å². The molecule has 2 N–H and O–H groups in total. The minimum Gasteiger partial charge on any atom is -0.364 e. The average Bonchev–Trinajstić information content (AvgIpc) is 2.98. The average molecular weight is 304 g/mol. The zero-order chi connectivity index (χ0) is 16.1. The summed E-state index contributed by atoms with van der Waals surface area (Å²) in [5.41, 5.74) is 7.81. The third kappa shape index (κ3) is 3.52. The summed E-state index contributed by atoms with van der Waals surface area (Å²) in [5, 5.41) is 0. The van der Waals surface area contributed by atoms with Gasteiger partial charge in [-0.25, -0.2) is 9.98 Å². The lowest BCUT2D eigenvalue weighted by Crippen LogP contribution is -2.17. The van der Waals surface area contributed by atoms with Crippen LogP contribution in [0.4, 0.5) is 5.82 Å². The van der Waals surface area contributed by atoms with Crippen LogP contribution < -0.4 is 5.73 Å². The molecule has 5 nitrogen and oxygen atoms in total. The number of carbonyl (C=O) groups excluding carboxylic acids is 1. The molecular formula is C18H16N4O. The second-order valence-corrected chi connectivity index (χ2v) is 5.06. The lowest BCUT2D eigenvalue weighted by molar-refractivity contribution is 0.0992. The SMILES string of the molecule is NC(=O)c1c(N=Cc2ccccc2)ncn1Cc1ccccc1. The Kier molecular flexibility index (Phi) is 4.29. The molecule has 0 radical (unpaired) electrons. The van der Waals surface area contributed by atoms with Gasteiger partial charge in [0.15, 0.2) is 11.5 Å². The Labute approximate surface area is 134 Å².